The number of methoxy groups -OCH3 is 1. The van der Waals surface area contributed by atoms with Crippen LogP contribution >= 0.6 is 11.3 Å². The summed E-state index contributed by atoms with van der Waals surface area (Å²) in [4.78, 5) is 30.0. The molecule has 0 spiro atoms. The van der Waals surface area contributed by atoms with Gasteiger partial charge in [-0.2, -0.15) is 0 Å². The number of nitrogens with one attached hydrogen (secondary N) is 1. The minimum atomic E-state index is -0.718. The molecule has 0 bridgehead atoms. The highest BCUT2D eigenvalue weighted by Crippen LogP contribution is 2.28. The van der Waals surface area contributed by atoms with Crippen LogP contribution in [-0.4, -0.2) is 29.9 Å². The summed E-state index contributed by atoms with van der Waals surface area (Å²) in [6.45, 7) is 0.361. The number of hydrogen-bond donors (Lipinski definition) is 1. The van der Waals surface area contributed by atoms with E-state index in [0.29, 0.717) is 12.3 Å². The normalized spacial score (nSPS) is 14.6. The maximum Gasteiger partial charge on any atom is 0.247 e. The smallest absolute Gasteiger partial charge is 0.247 e. The molecule has 6 heteroatoms. The van der Waals surface area contributed by atoms with Gasteiger partial charge in [-0.3, -0.25) is 9.59 Å². The second kappa shape index (κ2) is 11.1. The average molecular weight is 463 g/mol. The highest BCUT2D eigenvalue weighted by molar-refractivity contribution is 7.10. The number of rotatable bonds is 9. The van der Waals surface area contributed by atoms with E-state index in [0.717, 1.165) is 41.7 Å². The van der Waals surface area contributed by atoms with E-state index in [1.165, 1.54) is 0 Å². The Morgan fingerprint density at radius 2 is 1.76 bits per heavy atom. The van der Waals surface area contributed by atoms with Gasteiger partial charge in [-0.05, 0) is 47.5 Å². The Kier molecular flexibility index (Phi) is 7.79. The Hall–Kier alpha value is -3.12. The summed E-state index contributed by atoms with van der Waals surface area (Å²) < 4.78 is 5.31. The van der Waals surface area contributed by atoms with E-state index >= 15 is 0 Å². The third-order valence-electron chi connectivity index (χ3n) is 6.11. The molecule has 1 aliphatic carbocycles. The molecular weight excluding hydrogens is 432 g/mol. The number of carbonyl (C=O) groups is 2. The molecule has 2 aromatic carbocycles. The molecule has 0 saturated heterocycles. The molecule has 33 heavy (non-hydrogen) atoms. The number of thiophene rings is 1. The van der Waals surface area contributed by atoms with E-state index < -0.39 is 6.04 Å². The van der Waals surface area contributed by atoms with Crippen molar-refractivity contribution in [2.24, 2.45) is 0 Å². The van der Waals surface area contributed by atoms with Crippen LogP contribution in [0.25, 0.3) is 0 Å². The van der Waals surface area contributed by atoms with Crippen LogP contribution in [0.1, 0.15) is 47.7 Å². The van der Waals surface area contributed by atoms with Crippen molar-refractivity contribution >= 4 is 23.2 Å². The first-order chi connectivity index (χ1) is 16.1. The van der Waals surface area contributed by atoms with Crippen LogP contribution in [0, 0.1) is 0 Å². The molecule has 1 fully saturated rings. The van der Waals surface area contributed by atoms with Crippen molar-refractivity contribution in [2.45, 2.75) is 50.7 Å². The molecule has 1 heterocycles. The summed E-state index contributed by atoms with van der Waals surface area (Å²) in [5, 5.41) is 5.19. The zero-order chi connectivity index (χ0) is 23.0. The fraction of sp³-hybridized carbons (Fsp3) is 0.333. The van der Waals surface area contributed by atoms with Crippen LogP contribution in [0.2, 0.25) is 0 Å². The molecule has 1 atom stereocenters. The van der Waals surface area contributed by atoms with Crippen LogP contribution in [0.4, 0.5) is 0 Å². The van der Waals surface area contributed by atoms with Crippen molar-refractivity contribution in [1.29, 1.82) is 0 Å². The molecule has 1 aliphatic rings. The molecule has 0 aliphatic heterocycles. The maximum absolute atomic E-state index is 13.7. The first kappa shape index (κ1) is 23.1. The van der Waals surface area contributed by atoms with Crippen LogP contribution in [0.3, 0.4) is 0 Å². The summed E-state index contributed by atoms with van der Waals surface area (Å²) in [7, 11) is 1.62. The fourth-order valence-electron chi connectivity index (χ4n) is 4.38. The number of hydrogen-bond acceptors (Lipinski definition) is 4. The number of carbonyl (C=O) groups excluding carboxylic acids is 2. The highest BCUT2D eigenvalue weighted by atomic mass is 32.1. The van der Waals surface area contributed by atoms with E-state index in [4.69, 9.17) is 4.74 Å². The second-order valence-corrected chi connectivity index (χ2v) is 9.46. The first-order valence-corrected chi connectivity index (χ1v) is 12.3. The molecule has 1 saturated carbocycles. The molecule has 1 N–H and O–H groups in total. The number of nitrogens with zero attached hydrogens (tertiary/aromatic N) is 1. The summed E-state index contributed by atoms with van der Waals surface area (Å²) in [6, 6.07) is 20.7. The Balaban J connectivity index is 1.69. The van der Waals surface area contributed by atoms with Crippen molar-refractivity contribution < 1.29 is 14.3 Å². The predicted octanol–water partition coefficient (Wildman–Crippen LogP) is 5.13. The minimum absolute atomic E-state index is 0.0660. The van der Waals surface area contributed by atoms with Gasteiger partial charge in [-0.25, -0.2) is 0 Å². The highest BCUT2D eigenvalue weighted by Gasteiger charge is 2.33. The molecule has 0 radical (unpaired) electrons. The van der Waals surface area contributed by atoms with Gasteiger partial charge in [0.1, 0.15) is 11.8 Å². The van der Waals surface area contributed by atoms with Crippen molar-refractivity contribution in [3.05, 3.63) is 88.1 Å². The van der Waals surface area contributed by atoms with Gasteiger partial charge in [0.2, 0.25) is 11.8 Å². The molecule has 5 nitrogen and oxygen atoms in total. The standard InChI is InChI=1S/C27H30N2O3S/c1-32-23-15-13-21(14-16-23)26(27(31)28-22-10-5-6-11-22)29(19-20-8-3-2-4-9-20)25(30)18-24-12-7-17-33-24/h2-4,7-9,12-17,22,26H,5-6,10-11,18-19H2,1H3,(H,28,31). The van der Waals surface area contributed by atoms with Gasteiger partial charge < -0.3 is 15.0 Å². The third kappa shape index (κ3) is 6.02. The van der Waals surface area contributed by atoms with Gasteiger partial charge in [-0.15, -0.1) is 11.3 Å². The van der Waals surface area contributed by atoms with E-state index in [2.05, 4.69) is 5.32 Å². The molecule has 1 aromatic heterocycles. The van der Waals surface area contributed by atoms with E-state index in [9.17, 15) is 9.59 Å². The van der Waals surface area contributed by atoms with Crippen molar-refractivity contribution in [3.63, 3.8) is 0 Å². The number of benzene rings is 2. The topological polar surface area (TPSA) is 58.6 Å². The van der Waals surface area contributed by atoms with Gasteiger partial charge in [0.05, 0.1) is 13.5 Å². The molecule has 1 unspecified atom stereocenters. The lowest BCUT2D eigenvalue weighted by Crippen LogP contribution is -2.46. The average Bonchev–Trinajstić information content (AvgIpc) is 3.54. The number of amides is 2. The molecular formula is C27H30N2O3S. The second-order valence-electron chi connectivity index (χ2n) is 8.43. The zero-order valence-electron chi connectivity index (χ0n) is 18.9. The van der Waals surface area contributed by atoms with Crippen molar-refractivity contribution in [3.8, 4) is 5.75 Å². The van der Waals surface area contributed by atoms with Crippen LogP contribution in [0.5, 0.6) is 5.75 Å². The molecule has 4 rings (SSSR count). The Morgan fingerprint density at radius 1 is 1.03 bits per heavy atom. The SMILES string of the molecule is COc1ccc(C(C(=O)NC2CCCC2)N(Cc2ccccc2)C(=O)Cc2cccs2)cc1. The van der Waals surface area contributed by atoms with E-state index in [-0.39, 0.29) is 24.3 Å². The van der Waals surface area contributed by atoms with E-state index in [1.807, 2.05) is 72.1 Å². The summed E-state index contributed by atoms with van der Waals surface area (Å²) >= 11 is 1.56. The third-order valence-corrected chi connectivity index (χ3v) is 6.99. The molecule has 3 aromatic rings. The lowest BCUT2D eigenvalue weighted by atomic mass is 10.0. The minimum Gasteiger partial charge on any atom is -0.497 e. The summed E-state index contributed by atoms with van der Waals surface area (Å²) in [6.07, 6.45) is 4.51. The van der Waals surface area contributed by atoms with Crippen LogP contribution < -0.4 is 10.1 Å². The zero-order valence-corrected chi connectivity index (χ0v) is 19.7. The fourth-order valence-corrected chi connectivity index (χ4v) is 5.07. The lowest BCUT2D eigenvalue weighted by molar-refractivity contribution is -0.141. The van der Waals surface area contributed by atoms with Crippen LogP contribution in [0.15, 0.2) is 72.1 Å². The van der Waals surface area contributed by atoms with Gasteiger partial charge in [0.15, 0.2) is 0 Å². The maximum atomic E-state index is 13.7. The first-order valence-electron chi connectivity index (χ1n) is 11.4. The van der Waals surface area contributed by atoms with Crippen molar-refractivity contribution in [1.82, 2.24) is 10.2 Å². The van der Waals surface area contributed by atoms with Gasteiger partial charge in [0, 0.05) is 17.5 Å². The summed E-state index contributed by atoms with van der Waals surface area (Å²) in [5.74, 6) is 0.527. The van der Waals surface area contributed by atoms with Gasteiger partial charge >= 0.3 is 0 Å². The number of ether oxygens (including phenoxy) is 1. The lowest BCUT2D eigenvalue weighted by Gasteiger charge is -2.32. The largest absolute Gasteiger partial charge is 0.497 e. The Bertz CT molecular complexity index is 1030. The van der Waals surface area contributed by atoms with Crippen molar-refractivity contribution in [2.75, 3.05) is 7.11 Å². The van der Waals surface area contributed by atoms with Gasteiger partial charge in [-0.1, -0.05) is 61.4 Å². The van der Waals surface area contributed by atoms with E-state index in [1.54, 1.807) is 23.3 Å². The Morgan fingerprint density at radius 3 is 2.39 bits per heavy atom. The predicted molar refractivity (Wildman–Crippen MR) is 131 cm³/mol. The monoisotopic (exact) mass is 462 g/mol. The quantitative estimate of drug-likeness (QED) is 0.480. The Labute approximate surface area is 199 Å². The van der Waals surface area contributed by atoms with Gasteiger partial charge in [0.25, 0.3) is 0 Å². The summed E-state index contributed by atoms with van der Waals surface area (Å²) in [5.41, 5.74) is 1.77. The molecule has 172 valence electrons. The molecule has 2 amide bonds. The van der Waals surface area contributed by atoms with Crippen LogP contribution in [-0.2, 0) is 22.6 Å².